The number of nitrogens with zero attached hydrogens (tertiary/aromatic N) is 2. The first-order valence-electron chi connectivity index (χ1n) is 4.83. The Morgan fingerprint density at radius 2 is 2.18 bits per heavy atom. The first-order chi connectivity index (χ1) is 7.91. The van der Waals surface area contributed by atoms with E-state index < -0.39 is 11.0 Å². The Morgan fingerprint density at radius 3 is 2.65 bits per heavy atom. The third kappa shape index (κ3) is 3.33. The van der Waals surface area contributed by atoms with Crippen molar-refractivity contribution in [2.45, 2.75) is 6.54 Å². The number of hydrogen-bond acceptors (Lipinski definition) is 4. The summed E-state index contributed by atoms with van der Waals surface area (Å²) in [5.41, 5.74) is 1.24. The van der Waals surface area contributed by atoms with Crippen molar-refractivity contribution >= 4 is 17.5 Å². The van der Waals surface area contributed by atoms with Gasteiger partial charge >= 0.3 is 6.09 Å². The number of nitrogens with one attached hydrogen (secondary N) is 1. The van der Waals surface area contributed by atoms with Gasteiger partial charge in [0, 0.05) is 44.0 Å². The minimum Gasteiger partial charge on any atom is -0.465 e. The fourth-order valence-corrected chi connectivity index (χ4v) is 1.43. The lowest BCUT2D eigenvalue weighted by Gasteiger charge is -2.17. The Bertz CT molecular complexity index is 445. The Hall–Kier alpha value is -2.31. The predicted molar refractivity (Wildman–Crippen MR) is 62.3 cm³/mol. The summed E-state index contributed by atoms with van der Waals surface area (Å²) >= 11 is 0. The van der Waals surface area contributed by atoms with Crippen LogP contribution in [0.3, 0.4) is 0 Å². The summed E-state index contributed by atoms with van der Waals surface area (Å²) in [5, 5.41) is 21.3. The van der Waals surface area contributed by atoms with Crippen LogP contribution < -0.4 is 10.2 Å². The van der Waals surface area contributed by atoms with Crippen LogP contribution in [-0.4, -0.2) is 30.2 Å². The summed E-state index contributed by atoms with van der Waals surface area (Å²) in [5.74, 6) is 0. The summed E-state index contributed by atoms with van der Waals surface area (Å²) in [7, 11) is 3.57. The lowest BCUT2D eigenvalue weighted by atomic mass is 10.1. The van der Waals surface area contributed by atoms with Crippen molar-refractivity contribution in [2.75, 3.05) is 19.0 Å². The van der Waals surface area contributed by atoms with E-state index in [9.17, 15) is 14.9 Å². The van der Waals surface area contributed by atoms with Gasteiger partial charge in [0.15, 0.2) is 0 Å². The summed E-state index contributed by atoms with van der Waals surface area (Å²) in [6.07, 6.45) is -1.17. The van der Waals surface area contributed by atoms with E-state index in [-0.39, 0.29) is 12.2 Å². The lowest BCUT2D eigenvalue weighted by Crippen LogP contribution is -2.22. The molecule has 1 aromatic carbocycles. The van der Waals surface area contributed by atoms with E-state index >= 15 is 0 Å². The molecule has 0 aliphatic rings. The molecule has 0 saturated carbocycles. The SMILES string of the molecule is CN(C)c1ccc([N+](=O)[O-])cc1CNC(=O)O. The van der Waals surface area contributed by atoms with Crippen LogP contribution in [0.1, 0.15) is 5.56 Å². The van der Waals surface area contributed by atoms with Gasteiger partial charge in [-0.3, -0.25) is 10.1 Å². The molecule has 0 heterocycles. The van der Waals surface area contributed by atoms with Gasteiger partial charge in [0.25, 0.3) is 5.69 Å². The van der Waals surface area contributed by atoms with Gasteiger partial charge in [0.2, 0.25) is 0 Å². The zero-order valence-electron chi connectivity index (χ0n) is 9.51. The van der Waals surface area contributed by atoms with Gasteiger partial charge < -0.3 is 15.3 Å². The van der Waals surface area contributed by atoms with Crippen molar-refractivity contribution in [3.8, 4) is 0 Å². The number of non-ortho nitro benzene ring substituents is 1. The molecule has 1 rings (SSSR count). The highest BCUT2D eigenvalue weighted by Crippen LogP contribution is 2.23. The van der Waals surface area contributed by atoms with Gasteiger partial charge in [-0.1, -0.05) is 0 Å². The minimum atomic E-state index is -1.17. The molecule has 1 amide bonds. The molecule has 0 aliphatic heterocycles. The average molecular weight is 239 g/mol. The number of hydrogen-bond donors (Lipinski definition) is 2. The first kappa shape index (κ1) is 12.8. The van der Waals surface area contributed by atoms with Crippen molar-refractivity contribution in [2.24, 2.45) is 0 Å². The van der Waals surface area contributed by atoms with Gasteiger partial charge in [-0.25, -0.2) is 4.79 Å². The lowest BCUT2D eigenvalue weighted by molar-refractivity contribution is -0.384. The second kappa shape index (κ2) is 5.15. The number of rotatable bonds is 4. The number of nitro groups is 1. The number of anilines is 1. The van der Waals surface area contributed by atoms with Crippen molar-refractivity contribution in [3.05, 3.63) is 33.9 Å². The van der Waals surface area contributed by atoms with Gasteiger partial charge in [-0.05, 0) is 6.07 Å². The highest BCUT2D eigenvalue weighted by Gasteiger charge is 2.12. The monoisotopic (exact) mass is 239 g/mol. The zero-order valence-corrected chi connectivity index (χ0v) is 9.51. The standard InChI is InChI=1S/C10H13N3O4/c1-12(2)9-4-3-8(13(16)17)5-7(9)6-11-10(14)15/h3-5,11H,6H2,1-2H3,(H,14,15). The Balaban J connectivity index is 3.06. The molecule has 17 heavy (non-hydrogen) atoms. The molecule has 7 nitrogen and oxygen atoms in total. The molecular formula is C10H13N3O4. The van der Waals surface area contributed by atoms with Gasteiger partial charge in [0.1, 0.15) is 0 Å². The molecule has 0 aromatic heterocycles. The zero-order chi connectivity index (χ0) is 13.0. The molecule has 0 radical (unpaired) electrons. The third-order valence-electron chi connectivity index (χ3n) is 2.19. The van der Waals surface area contributed by atoms with E-state index in [1.54, 1.807) is 25.1 Å². The molecule has 1 aromatic rings. The van der Waals surface area contributed by atoms with E-state index in [0.717, 1.165) is 5.69 Å². The maximum absolute atomic E-state index is 10.6. The highest BCUT2D eigenvalue weighted by molar-refractivity contribution is 5.65. The van der Waals surface area contributed by atoms with E-state index in [4.69, 9.17) is 5.11 Å². The van der Waals surface area contributed by atoms with E-state index in [1.165, 1.54) is 12.1 Å². The van der Waals surface area contributed by atoms with Crippen molar-refractivity contribution in [1.82, 2.24) is 5.32 Å². The highest BCUT2D eigenvalue weighted by atomic mass is 16.6. The Kier molecular flexibility index (Phi) is 3.86. The molecule has 0 bridgehead atoms. The molecule has 0 unspecified atom stereocenters. The quantitative estimate of drug-likeness (QED) is 0.612. The Morgan fingerprint density at radius 1 is 1.53 bits per heavy atom. The molecule has 0 atom stereocenters. The number of carbonyl (C=O) groups is 1. The van der Waals surface area contributed by atoms with Crippen molar-refractivity contribution < 1.29 is 14.8 Å². The number of carboxylic acid groups (broad SMARTS) is 1. The smallest absolute Gasteiger partial charge is 0.404 e. The minimum absolute atomic E-state index is 0.0323. The molecule has 2 N–H and O–H groups in total. The number of benzene rings is 1. The largest absolute Gasteiger partial charge is 0.465 e. The van der Waals surface area contributed by atoms with E-state index in [2.05, 4.69) is 5.32 Å². The molecule has 7 heteroatoms. The van der Waals surface area contributed by atoms with Gasteiger partial charge in [-0.15, -0.1) is 0 Å². The summed E-state index contributed by atoms with van der Waals surface area (Å²) < 4.78 is 0. The van der Waals surface area contributed by atoms with Crippen LogP contribution in [0.5, 0.6) is 0 Å². The second-order valence-electron chi connectivity index (χ2n) is 3.62. The van der Waals surface area contributed by atoms with E-state index in [0.29, 0.717) is 5.56 Å². The maximum Gasteiger partial charge on any atom is 0.404 e. The molecule has 0 fully saturated rings. The third-order valence-corrected chi connectivity index (χ3v) is 2.19. The van der Waals surface area contributed by atoms with Crippen LogP contribution >= 0.6 is 0 Å². The van der Waals surface area contributed by atoms with Gasteiger partial charge in [0.05, 0.1) is 4.92 Å². The Labute approximate surface area is 97.8 Å². The van der Waals surface area contributed by atoms with Crippen LogP contribution in [0, 0.1) is 10.1 Å². The molecule has 92 valence electrons. The van der Waals surface area contributed by atoms with Crippen LogP contribution in [-0.2, 0) is 6.54 Å². The van der Waals surface area contributed by atoms with Crippen molar-refractivity contribution in [3.63, 3.8) is 0 Å². The second-order valence-corrected chi connectivity index (χ2v) is 3.62. The molecule has 0 spiro atoms. The van der Waals surface area contributed by atoms with Gasteiger partial charge in [-0.2, -0.15) is 0 Å². The van der Waals surface area contributed by atoms with Crippen LogP contribution in [0.2, 0.25) is 0 Å². The van der Waals surface area contributed by atoms with Crippen LogP contribution in [0.15, 0.2) is 18.2 Å². The number of amides is 1. The first-order valence-corrected chi connectivity index (χ1v) is 4.83. The predicted octanol–water partition coefficient (Wildman–Crippen LogP) is 1.43. The topological polar surface area (TPSA) is 95.7 Å². The van der Waals surface area contributed by atoms with Crippen LogP contribution in [0.4, 0.5) is 16.2 Å². The van der Waals surface area contributed by atoms with Crippen molar-refractivity contribution in [1.29, 1.82) is 0 Å². The normalized spacial score (nSPS) is 9.76. The van der Waals surface area contributed by atoms with E-state index in [1.807, 2.05) is 0 Å². The maximum atomic E-state index is 10.6. The molecular weight excluding hydrogens is 226 g/mol. The summed E-state index contributed by atoms with van der Waals surface area (Å²) in [6.45, 7) is 0.0323. The number of nitro benzene ring substituents is 1. The molecule has 0 aliphatic carbocycles. The fraction of sp³-hybridized carbons (Fsp3) is 0.300. The summed E-state index contributed by atoms with van der Waals surface area (Å²) in [6, 6.07) is 4.35. The van der Waals surface area contributed by atoms with Crippen LogP contribution in [0.25, 0.3) is 0 Å². The summed E-state index contributed by atoms with van der Waals surface area (Å²) in [4.78, 5) is 22.3. The fourth-order valence-electron chi connectivity index (χ4n) is 1.43. The molecule has 0 saturated heterocycles. The average Bonchev–Trinajstić information content (AvgIpc) is 2.25.